The lowest BCUT2D eigenvalue weighted by Gasteiger charge is -2.11. The number of tetrazole rings is 1. The van der Waals surface area contributed by atoms with Crippen molar-refractivity contribution in [2.45, 2.75) is 32.4 Å². The lowest BCUT2D eigenvalue weighted by atomic mass is 10.1. The summed E-state index contributed by atoms with van der Waals surface area (Å²) in [5, 5.41) is 15.0. The summed E-state index contributed by atoms with van der Waals surface area (Å²) in [6.07, 6.45) is 1.32. The summed E-state index contributed by atoms with van der Waals surface area (Å²) < 4.78 is 1.75. The number of amides is 1. The first-order valence-corrected chi connectivity index (χ1v) is 10.1. The van der Waals surface area contributed by atoms with E-state index >= 15 is 0 Å². The van der Waals surface area contributed by atoms with Crippen LogP contribution in [0.5, 0.6) is 0 Å². The van der Waals surface area contributed by atoms with Crippen molar-refractivity contribution >= 4 is 23.4 Å². The average molecular weight is 382 g/mol. The Morgan fingerprint density at radius 3 is 2.56 bits per heavy atom. The smallest absolute Gasteiger partial charge is 0.224 e. The van der Waals surface area contributed by atoms with E-state index in [9.17, 15) is 4.79 Å². The molecule has 6 nitrogen and oxygen atoms in total. The summed E-state index contributed by atoms with van der Waals surface area (Å²) in [4.78, 5) is 12.2. The lowest BCUT2D eigenvalue weighted by Crippen LogP contribution is -2.13. The van der Waals surface area contributed by atoms with Gasteiger partial charge in [-0.25, -0.2) is 0 Å². The molecule has 1 heterocycles. The Kier molecular flexibility index (Phi) is 6.59. The van der Waals surface area contributed by atoms with Crippen LogP contribution in [0.2, 0.25) is 0 Å². The van der Waals surface area contributed by atoms with Gasteiger partial charge in [0, 0.05) is 12.1 Å². The summed E-state index contributed by atoms with van der Waals surface area (Å²) >= 11 is 1.73. The Labute approximate surface area is 163 Å². The maximum Gasteiger partial charge on any atom is 0.224 e. The zero-order valence-electron chi connectivity index (χ0n) is 15.6. The van der Waals surface area contributed by atoms with E-state index in [1.165, 1.54) is 0 Å². The van der Waals surface area contributed by atoms with Gasteiger partial charge >= 0.3 is 0 Å². The van der Waals surface area contributed by atoms with E-state index in [4.69, 9.17) is 0 Å². The van der Waals surface area contributed by atoms with Gasteiger partial charge in [0.25, 0.3) is 0 Å². The molecule has 0 aliphatic rings. The number of hydrogen-bond acceptors (Lipinski definition) is 5. The zero-order valence-corrected chi connectivity index (χ0v) is 16.4. The fourth-order valence-corrected chi connectivity index (χ4v) is 3.63. The Morgan fingerprint density at radius 1 is 1.07 bits per heavy atom. The van der Waals surface area contributed by atoms with Gasteiger partial charge in [0.15, 0.2) is 5.82 Å². The number of nitrogens with one attached hydrogen (secondary N) is 1. The van der Waals surface area contributed by atoms with Crippen molar-refractivity contribution < 1.29 is 4.79 Å². The molecule has 0 spiro atoms. The minimum absolute atomic E-state index is 0.0575. The number of carbonyl (C=O) groups excluding carboxylic acids is 1. The predicted octanol–water partition coefficient (Wildman–Crippen LogP) is 3.93. The molecule has 1 aromatic heterocycles. The van der Waals surface area contributed by atoms with Crippen molar-refractivity contribution in [2.24, 2.45) is 0 Å². The molecule has 1 N–H and O–H groups in total. The number of rotatable bonds is 8. The molecule has 0 radical (unpaired) electrons. The van der Waals surface area contributed by atoms with Gasteiger partial charge in [0.1, 0.15) is 0 Å². The highest BCUT2D eigenvalue weighted by atomic mass is 32.2. The molecule has 0 fully saturated rings. The highest BCUT2D eigenvalue weighted by Crippen LogP contribution is 2.20. The molecule has 0 bridgehead atoms. The highest BCUT2D eigenvalue weighted by molar-refractivity contribution is 7.98. The minimum Gasteiger partial charge on any atom is -0.326 e. The summed E-state index contributed by atoms with van der Waals surface area (Å²) in [5.74, 6) is 2.45. The first-order valence-electron chi connectivity index (χ1n) is 8.91. The van der Waals surface area contributed by atoms with Gasteiger partial charge in [-0.1, -0.05) is 36.4 Å². The summed E-state index contributed by atoms with van der Waals surface area (Å²) in [7, 11) is 0. The first-order chi connectivity index (χ1) is 13.1. The van der Waals surface area contributed by atoms with Crippen LogP contribution in [0, 0.1) is 13.8 Å². The van der Waals surface area contributed by atoms with E-state index in [1.54, 1.807) is 16.4 Å². The molecular formula is C20H23N5OS. The largest absolute Gasteiger partial charge is 0.326 e. The molecule has 0 unspecified atom stereocenters. The number of aryl methyl sites for hydroxylation is 2. The number of nitrogens with zero attached hydrogens (tertiary/aromatic N) is 4. The van der Waals surface area contributed by atoms with Gasteiger partial charge < -0.3 is 5.32 Å². The van der Waals surface area contributed by atoms with Gasteiger partial charge in [-0.3, -0.25) is 4.79 Å². The Bertz CT molecular complexity index is 874. The number of para-hydroxylation sites is 2. The second kappa shape index (κ2) is 9.32. The normalized spacial score (nSPS) is 10.7. The maximum atomic E-state index is 12.2. The van der Waals surface area contributed by atoms with Crippen molar-refractivity contribution in [3.05, 3.63) is 65.5 Å². The molecule has 2 aromatic carbocycles. The number of aromatic nitrogens is 4. The van der Waals surface area contributed by atoms with Gasteiger partial charge in [0.05, 0.1) is 11.4 Å². The van der Waals surface area contributed by atoms with Crippen LogP contribution < -0.4 is 5.32 Å². The van der Waals surface area contributed by atoms with Crippen molar-refractivity contribution in [3.8, 4) is 5.69 Å². The molecular weight excluding hydrogens is 358 g/mol. The summed E-state index contributed by atoms with van der Waals surface area (Å²) in [5.41, 5.74) is 4.05. The molecule has 0 saturated carbocycles. The molecule has 0 saturated heterocycles. The van der Waals surface area contributed by atoms with Crippen LogP contribution in [-0.4, -0.2) is 31.9 Å². The number of benzene rings is 2. The van der Waals surface area contributed by atoms with E-state index in [0.29, 0.717) is 12.2 Å². The molecule has 7 heteroatoms. The number of hydrogen-bond donors (Lipinski definition) is 1. The fraction of sp³-hybridized carbons (Fsp3) is 0.300. The average Bonchev–Trinajstić information content (AvgIpc) is 3.14. The van der Waals surface area contributed by atoms with Crippen molar-refractivity contribution in [1.29, 1.82) is 0 Å². The lowest BCUT2D eigenvalue weighted by molar-refractivity contribution is -0.116. The quantitative estimate of drug-likeness (QED) is 0.599. The molecule has 3 rings (SSSR count). The standard InChI is InChI=1S/C20H23N5OS/c1-15-8-6-9-16(2)20(15)21-19(26)12-7-13-27-14-18-22-23-24-25(18)17-10-4-3-5-11-17/h3-6,8-11H,7,12-14H2,1-2H3,(H,21,26). The van der Waals surface area contributed by atoms with Crippen LogP contribution in [0.3, 0.4) is 0 Å². The molecule has 27 heavy (non-hydrogen) atoms. The van der Waals surface area contributed by atoms with Crippen LogP contribution in [0.25, 0.3) is 5.69 Å². The van der Waals surface area contributed by atoms with E-state index in [-0.39, 0.29) is 5.91 Å². The first kappa shape index (κ1) is 19.1. The minimum atomic E-state index is 0.0575. The Hall–Kier alpha value is -2.67. The topological polar surface area (TPSA) is 72.7 Å². The van der Waals surface area contributed by atoms with Gasteiger partial charge in [0.2, 0.25) is 5.91 Å². The van der Waals surface area contributed by atoms with E-state index in [0.717, 1.165) is 40.5 Å². The number of carbonyl (C=O) groups is 1. The highest BCUT2D eigenvalue weighted by Gasteiger charge is 2.09. The fourth-order valence-electron chi connectivity index (χ4n) is 2.78. The van der Waals surface area contributed by atoms with Crippen LogP contribution >= 0.6 is 11.8 Å². The van der Waals surface area contributed by atoms with Crippen molar-refractivity contribution in [2.75, 3.05) is 11.1 Å². The van der Waals surface area contributed by atoms with Crippen LogP contribution in [0.1, 0.15) is 29.8 Å². The van der Waals surface area contributed by atoms with E-state index in [2.05, 4.69) is 20.8 Å². The molecule has 3 aromatic rings. The zero-order chi connectivity index (χ0) is 19.1. The van der Waals surface area contributed by atoms with Gasteiger partial charge in [-0.05, 0) is 59.7 Å². The van der Waals surface area contributed by atoms with E-state index in [1.807, 2.05) is 62.4 Å². The van der Waals surface area contributed by atoms with Gasteiger partial charge in [-0.15, -0.1) is 5.10 Å². The van der Waals surface area contributed by atoms with E-state index < -0.39 is 0 Å². The summed E-state index contributed by atoms with van der Waals surface area (Å²) in [6, 6.07) is 15.9. The van der Waals surface area contributed by atoms with Crippen LogP contribution in [0.4, 0.5) is 5.69 Å². The monoisotopic (exact) mass is 381 g/mol. The summed E-state index contributed by atoms with van der Waals surface area (Å²) in [6.45, 7) is 4.02. The number of anilines is 1. The second-order valence-corrected chi connectivity index (χ2v) is 7.42. The molecule has 0 aliphatic carbocycles. The second-order valence-electron chi connectivity index (χ2n) is 6.31. The molecule has 0 atom stereocenters. The Balaban J connectivity index is 1.43. The third-order valence-corrected chi connectivity index (χ3v) is 5.24. The van der Waals surface area contributed by atoms with Crippen LogP contribution in [0.15, 0.2) is 48.5 Å². The van der Waals surface area contributed by atoms with Crippen molar-refractivity contribution in [3.63, 3.8) is 0 Å². The Morgan fingerprint density at radius 2 is 1.81 bits per heavy atom. The molecule has 0 aliphatic heterocycles. The molecule has 1 amide bonds. The third kappa shape index (κ3) is 5.17. The van der Waals surface area contributed by atoms with Gasteiger partial charge in [-0.2, -0.15) is 16.4 Å². The SMILES string of the molecule is Cc1cccc(C)c1NC(=O)CCCSCc1nnnn1-c1ccccc1. The predicted molar refractivity (Wildman–Crippen MR) is 109 cm³/mol. The van der Waals surface area contributed by atoms with Crippen LogP contribution in [-0.2, 0) is 10.5 Å². The van der Waals surface area contributed by atoms with Crippen molar-refractivity contribution in [1.82, 2.24) is 20.2 Å². The third-order valence-electron chi connectivity index (χ3n) is 4.20. The maximum absolute atomic E-state index is 12.2. The molecule has 140 valence electrons. The number of thioether (sulfide) groups is 1.